The predicted octanol–water partition coefficient (Wildman–Crippen LogP) is 2.54. The van der Waals surface area contributed by atoms with Crippen LogP contribution >= 0.6 is 0 Å². The second kappa shape index (κ2) is 7.70. The van der Waals surface area contributed by atoms with Crippen LogP contribution in [-0.4, -0.2) is 57.9 Å². The van der Waals surface area contributed by atoms with Crippen LogP contribution in [0, 0.1) is 0 Å². The van der Waals surface area contributed by atoms with Gasteiger partial charge in [-0.1, -0.05) is 6.58 Å². The molecule has 2 aromatic rings. The lowest BCUT2D eigenvalue weighted by Crippen LogP contribution is -2.50. The minimum Gasteiger partial charge on any atom is -0.384 e. The van der Waals surface area contributed by atoms with E-state index < -0.39 is 5.60 Å². The Bertz CT molecular complexity index is 885. The molecule has 4 heterocycles. The molecule has 29 heavy (non-hydrogen) atoms. The molecular formula is C21H28N6O2. The largest absolute Gasteiger partial charge is 0.384 e. The Labute approximate surface area is 171 Å². The highest BCUT2D eigenvalue weighted by atomic mass is 16.5. The summed E-state index contributed by atoms with van der Waals surface area (Å²) in [4.78, 5) is 13.9. The minimum atomic E-state index is -0.979. The molecule has 2 aliphatic heterocycles. The molecule has 2 aliphatic rings. The van der Waals surface area contributed by atoms with Crippen LogP contribution in [0.15, 0.2) is 36.8 Å². The predicted molar refractivity (Wildman–Crippen MR) is 112 cm³/mol. The first-order chi connectivity index (χ1) is 13.9. The molecule has 0 saturated carbocycles. The maximum Gasteiger partial charge on any atom is 0.191 e. The van der Waals surface area contributed by atoms with Crippen LogP contribution in [0.1, 0.15) is 32.4 Å². The molecule has 8 heteroatoms. The van der Waals surface area contributed by atoms with Crippen molar-refractivity contribution in [3.8, 4) is 11.3 Å². The summed E-state index contributed by atoms with van der Waals surface area (Å²) in [7, 11) is 1.77. The van der Waals surface area contributed by atoms with Crippen LogP contribution in [0.4, 0.5) is 11.6 Å². The van der Waals surface area contributed by atoms with E-state index in [0.717, 1.165) is 54.5 Å². The Hall–Kier alpha value is -2.55. The molecule has 0 radical (unpaired) electrons. The molecule has 0 aliphatic carbocycles. The third-order valence-corrected chi connectivity index (χ3v) is 5.43. The van der Waals surface area contributed by atoms with E-state index in [2.05, 4.69) is 31.9 Å². The Morgan fingerprint density at radius 2 is 1.97 bits per heavy atom. The highest BCUT2D eigenvalue weighted by Gasteiger charge is 2.31. The van der Waals surface area contributed by atoms with Crippen LogP contribution in [0.25, 0.3) is 11.3 Å². The van der Waals surface area contributed by atoms with Gasteiger partial charge in [-0.2, -0.15) is 0 Å². The second-order valence-corrected chi connectivity index (χ2v) is 8.04. The number of nitrogens with zero attached hydrogens (tertiary/aromatic N) is 5. The number of aliphatic hydroxyl groups is 1. The van der Waals surface area contributed by atoms with Gasteiger partial charge in [-0.3, -0.25) is 9.99 Å². The lowest BCUT2D eigenvalue weighted by Gasteiger charge is -2.43. The van der Waals surface area contributed by atoms with E-state index in [0.29, 0.717) is 18.3 Å². The number of methoxy groups -OCH3 is 1. The van der Waals surface area contributed by atoms with Crippen LogP contribution in [-0.2, 0) is 10.3 Å². The van der Waals surface area contributed by atoms with Crippen molar-refractivity contribution in [2.75, 3.05) is 37.1 Å². The highest BCUT2D eigenvalue weighted by Crippen LogP contribution is 2.34. The number of rotatable bonds is 4. The van der Waals surface area contributed by atoms with E-state index in [1.54, 1.807) is 33.4 Å². The van der Waals surface area contributed by atoms with Gasteiger partial charge in [0, 0.05) is 37.7 Å². The van der Waals surface area contributed by atoms with E-state index in [-0.39, 0.29) is 0 Å². The van der Waals surface area contributed by atoms with Crippen molar-refractivity contribution in [3.05, 3.63) is 42.5 Å². The van der Waals surface area contributed by atoms with E-state index in [1.165, 1.54) is 0 Å². The van der Waals surface area contributed by atoms with Crippen molar-refractivity contribution in [1.82, 2.24) is 20.0 Å². The van der Waals surface area contributed by atoms with Crippen molar-refractivity contribution < 1.29 is 9.84 Å². The molecule has 0 atom stereocenters. The Morgan fingerprint density at radius 3 is 2.59 bits per heavy atom. The summed E-state index contributed by atoms with van der Waals surface area (Å²) in [6.45, 7) is 10.1. The first-order valence-corrected chi connectivity index (χ1v) is 9.92. The van der Waals surface area contributed by atoms with Crippen LogP contribution in [0.3, 0.4) is 0 Å². The second-order valence-electron chi connectivity index (χ2n) is 8.04. The average Bonchev–Trinajstić information content (AvgIpc) is 2.73. The van der Waals surface area contributed by atoms with Gasteiger partial charge in [0.05, 0.1) is 30.2 Å². The molecule has 0 aromatic carbocycles. The van der Waals surface area contributed by atoms with Crippen molar-refractivity contribution in [3.63, 3.8) is 0 Å². The first-order valence-electron chi connectivity index (χ1n) is 9.92. The molecule has 4 rings (SSSR count). The van der Waals surface area contributed by atoms with Crippen LogP contribution < -0.4 is 10.3 Å². The van der Waals surface area contributed by atoms with Gasteiger partial charge < -0.3 is 15.2 Å². The van der Waals surface area contributed by atoms with Gasteiger partial charge >= 0.3 is 0 Å². The smallest absolute Gasteiger partial charge is 0.191 e. The first kappa shape index (κ1) is 19.8. The maximum absolute atomic E-state index is 10.1. The van der Waals surface area contributed by atoms with Gasteiger partial charge in [-0.25, -0.2) is 15.0 Å². The number of hydrogen-bond acceptors (Lipinski definition) is 8. The van der Waals surface area contributed by atoms with Gasteiger partial charge in [0.1, 0.15) is 5.60 Å². The van der Waals surface area contributed by atoms with Crippen LogP contribution in [0.2, 0.25) is 0 Å². The summed E-state index contributed by atoms with van der Waals surface area (Å²) in [5, 5.41) is 17.8. The number of piperidine rings is 1. The van der Waals surface area contributed by atoms with E-state index >= 15 is 0 Å². The maximum atomic E-state index is 10.1. The summed E-state index contributed by atoms with van der Waals surface area (Å²) in [6, 6.07) is 3.73. The molecule has 1 saturated heterocycles. The summed E-state index contributed by atoms with van der Waals surface area (Å²) < 4.78 is 5.50. The zero-order chi connectivity index (χ0) is 20.6. The van der Waals surface area contributed by atoms with Gasteiger partial charge in [0.25, 0.3) is 0 Å². The molecule has 0 spiro atoms. The SMILES string of the molecule is C=C1CNc2ncc(-c3ccc(C(C)(C)O)nc3)nc2N1N1CCC(OC)CC1. The molecule has 2 aromatic heterocycles. The average molecular weight is 396 g/mol. The topological polar surface area (TPSA) is 86.6 Å². The number of hydrogen-bond donors (Lipinski definition) is 2. The zero-order valence-corrected chi connectivity index (χ0v) is 17.2. The van der Waals surface area contributed by atoms with Crippen molar-refractivity contribution in [2.24, 2.45) is 0 Å². The fourth-order valence-corrected chi connectivity index (χ4v) is 3.72. The van der Waals surface area contributed by atoms with Gasteiger partial charge in [0.15, 0.2) is 11.6 Å². The minimum absolute atomic E-state index is 0.305. The number of hydrazine groups is 1. The zero-order valence-electron chi connectivity index (χ0n) is 17.2. The highest BCUT2D eigenvalue weighted by molar-refractivity contribution is 5.71. The number of anilines is 2. The summed E-state index contributed by atoms with van der Waals surface area (Å²) >= 11 is 0. The number of pyridine rings is 1. The quantitative estimate of drug-likeness (QED) is 0.815. The Morgan fingerprint density at radius 1 is 1.21 bits per heavy atom. The monoisotopic (exact) mass is 396 g/mol. The fourth-order valence-electron chi connectivity index (χ4n) is 3.72. The number of fused-ring (bicyclic) bond motifs is 1. The van der Waals surface area contributed by atoms with Gasteiger partial charge in [-0.15, -0.1) is 0 Å². The lowest BCUT2D eigenvalue weighted by atomic mass is 10.0. The molecule has 8 nitrogen and oxygen atoms in total. The summed E-state index contributed by atoms with van der Waals surface area (Å²) in [6.07, 6.45) is 5.72. The lowest BCUT2D eigenvalue weighted by molar-refractivity contribution is 0.0394. The fraction of sp³-hybridized carbons (Fsp3) is 0.476. The Balaban J connectivity index is 1.64. The van der Waals surface area contributed by atoms with Crippen molar-refractivity contribution in [2.45, 2.75) is 38.4 Å². The molecule has 2 N–H and O–H groups in total. The molecule has 1 fully saturated rings. The van der Waals surface area contributed by atoms with Crippen LogP contribution in [0.5, 0.6) is 0 Å². The van der Waals surface area contributed by atoms with Gasteiger partial charge in [-0.05, 0) is 38.8 Å². The van der Waals surface area contributed by atoms with Gasteiger partial charge in [0.2, 0.25) is 0 Å². The third kappa shape index (κ3) is 3.96. The molecule has 154 valence electrons. The molecule has 0 bridgehead atoms. The number of ether oxygens (including phenoxy) is 1. The van der Waals surface area contributed by atoms with E-state index in [4.69, 9.17) is 9.72 Å². The Kier molecular flexibility index (Phi) is 5.24. The molecule has 0 unspecified atom stereocenters. The standard InChI is InChI=1S/C21H28N6O2/c1-14-11-23-19-20(27(14)26-9-7-16(29-4)8-10-26)25-17(13-24-19)15-5-6-18(22-12-15)21(2,3)28/h5-6,12-13,16,28H,1,7-11H2,2-4H3,(H,23,24). The van der Waals surface area contributed by atoms with Crippen molar-refractivity contribution in [1.29, 1.82) is 0 Å². The van der Waals surface area contributed by atoms with Crippen molar-refractivity contribution >= 4 is 11.6 Å². The number of aromatic nitrogens is 3. The third-order valence-electron chi connectivity index (χ3n) is 5.43. The summed E-state index contributed by atoms with van der Waals surface area (Å²) in [5.74, 6) is 1.50. The van der Waals surface area contributed by atoms with E-state index in [9.17, 15) is 5.11 Å². The molecular weight excluding hydrogens is 368 g/mol. The number of nitrogens with one attached hydrogen (secondary N) is 1. The van der Waals surface area contributed by atoms with E-state index in [1.807, 2.05) is 12.1 Å². The summed E-state index contributed by atoms with van der Waals surface area (Å²) in [5.41, 5.74) is 2.15. The molecule has 0 amide bonds. The normalized spacial score (nSPS) is 18.5.